The van der Waals surface area contributed by atoms with Crippen molar-refractivity contribution in [2.45, 2.75) is 46.5 Å². The molecule has 1 spiro atoms. The second-order valence-corrected chi connectivity index (χ2v) is 6.90. The number of hydrogen-bond acceptors (Lipinski definition) is 1. The Morgan fingerprint density at radius 2 is 1.94 bits per heavy atom. The van der Waals surface area contributed by atoms with Crippen molar-refractivity contribution in [3.05, 3.63) is 12.2 Å². The first-order chi connectivity index (χ1) is 7.87. The summed E-state index contributed by atoms with van der Waals surface area (Å²) < 4.78 is 0. The van der Waals surface area contributed by atoms with Gasteiger partial charge in [0.1, 0.15) is 0 Å². The highest BCUT2D eigenvalue weighted by Crippen LogP contribution is 2.71. The number of fused-ring (bicyclic) bond motifs is 1. The number of carboxylic acids is 1. The summed E-state index contributed by atoms with van der Waals surface area (Å²) in [4.78, 5) is 11.9. The van der Waals surface area contributed by atoms with E-state index in [2.05, 4.69) is 26.0 Å². The molecule has 4 rings (SSSR count). The van der Waals surface area contributed by atoms with Gasteiger partial charge in [0, 0.05) is 5.41 Å². The maximum Gasteiger partial charge on any atom is 0.310 e. The molecule has 0 aromatic rings. The summed E-state index contributed by atoms with van der Waals surface area (Å²) >= 11 is 0. The Kier molecular flexibility index (Phi) is 1.97. The van der Waals surface area contributed by atoms with Crippen LogP contribution in [0.15, 0.2) is 12.2 Å². The molecule has 0 aliphatic heterocycles. The molecule has 0 amide bonds. The Bertz CT molecular complexity index is 413. The molecule has 17 heavy (non-hydrogen) atoms. The highest BCUT2D eigenvalue weighted by atomic mass is 16.4. The van der Waals surface area contributed by atoms with Crippen molar-refractivity contribution in [2.24, 2.45) is 28.1 Å². The fourth-order valence-corrected chi connectivity index (χ4v) is 5.03. The largest absolute Gasteiger partial charge is 0.481 e. The van der Waals surface area contributed by atoms with Crippen LogP contribution in [0.3, 0.4) is 0 Å². The molecule has 0 unspecified atom stereocenters. The number of rotatable bonds is 1. The second-order valence-electron chi connectivity index (χ2n) is 6.90. The van der Waals surface area contributed by atoms with Gasteiger partial charge in [-0.2, -0.15) is 0 Å². The summed E-state index contributed by atoms with van der Waals surface area (Å²) in [5.41, 5.74) is -0.523. The second kappa shape index (κ2) is 2.96. The van der Waals surface area contributed by atoms with E-state index in [0.717, 1.165) is 12.8 Å². The summed E-state index contributed by atoms with van der Waals surface area (Å²) in [5.74, 6) is 0.394. The summed E-state index contributed by atoms with van der Waals surface area (Å²) in [5, 5.41) is 9.78. The predicted octanol–water partition coefficient (Wildman–Crippen LogP) is 3.48. The number of aliphatic carboxylic acids is 1. The van der Waals surface area contributed by atoms with Crippen molar-refractivity contribution >= 4 is 5.97 Å². The van der Waals surface area contributed by atoms with Gasteiger partial charge < -0.3 is 5.11 Å². The molecule has 4 aliphatic carbocycles. The number of carboxylic acid groups (broad SMARTS) is 1. The predicted molar refractivity (Wildman–Crippen MR) is 66.5 cm³/mol. The van der Waals surface area contributed by atoms with Gasteiger partial charge >= 0.3 is 5.97 Å². The lowest BCUT2D eigenvalue weighted by molar-refractivity contribution is -0.173. The zero-order chi connectivity index (χ0) is 12.5. The van der Waals surface area contributed by atoms with E-state index >= 15 is 0 Å². The van der Waals surface area contributed by atoms with Gasteiger partial charge in [-0.1, -0.05) is 26.0 Å². The lowest BCUT2D eigenvalue weighted by Gasteiger charge is -2.61. The molecular formula is C15H22O2. The zero-order valence-corrected chi connectivity index (χ0v) is 11.0. The summed E-state index contributed by atoms with van der Waals surface area (Å²) in [6.07, 6.45) is 9.10. The minimum Gasteiger partial charge on any atom is -0.481 e. The van der Waals surface area contributed by atoms with Crippen LogP contribution in [0.1, 0.15) is 46.5 Å². The molecule has 4 aliphatic rings. The summed E-state index contributed by atoms with van der Waals surface area (Å²) in [6, 6.07) is 0. The third-order valence-corrected chi connectivity index (χ3v) is 6.62. The number of carbonyl (C=O) groups is 1. The van der Waals surface area contributed by atoms with Crippen molar-refractivity contribution in [2.75, 3.05) is 0 Å². The fraction of sp³-hybridized carbons (Fsp3) is 0.800. The third-order valence-electron chi connectivity index (χ3n) is 6.62. The van der Waals surface area contributed by atoms with Crippen LogP contribution >= 0.6 is 0 Å². The van der Waals surface area contributed by atoms with Crippen LogP contribution in [-0.2, 0) is 4.79 Å². The van der Waals surface area contributed by atoms with E-state index in [-0.39, 0.29) is 10.8 Å². The van der Waals surface area contributed by atoms with E-state index in [1.54, 1.807) is 0 Å². The fourth-order valence-electron chi connectivity index (χ4n) is 5.03. The Labute approximate surface area is 103 Å². The lowest BCUT2D eigenvalue weighted by atomic mass is 9.42. The topological polar surface area (TPSA) is 37.3 Å². The average molecular weight is 234 g/mol. The van der Waals surface area contributed by atoms with Crippen molar-refractivity contribution in [1.82, 2.24) is 0 Å². The lowest BCUT2D eigenvalue weighted by Crippen LogP contribution is -2.59. The smallest absolute Gasteiger partial charge is 0.310 e. The van der Waals surface area contributed by atoms with Crippen molar-refractivity contribution in [1.29, 1.82) is 0 Å². The monoisotopic (exact) mass is 234 g/mol. The van der Waals surface area contributed by atoms with Gasteiger partial charge in [-0.3, -0.25) is 4.79 Å². The molecule has 2 nitrogen and oxygen atoms in total. The maximum atomic E-state index is 11.9. The standard InChI is InChI=1S/C15H22O2/c1-10-4-5-11-14(3,12(16)17)13(2)6-8-15(10,11)9-7-13/h6,8,10-11H,4-5,7,9H2,1-3H3,(H,16,17)/t10-,11-,13+,14+,15-/m0/s1. The van der Waals surface area contributed by atoms with Gasteiger partial charge in [0.15, 0.2) is 0 Å². The number of hydrogen-bond donors (Lipinski definition) is 1. The van der Waals surface area contributed by atoms with E-state index in [1.807, 2.05) is 6.92 Å². The summed E-state index contributed by atoms with van der Waals surface area (Å²) in [7, 11) is 0. The maximum absolute atomic E-state index is 11.9. The molecule has 1 N–H and O–H groups in total. The van der Waals surface area contributed by atoms with Crippen LogP contribution in [0.5, 0.6) is 0 Å². The van der Waals surface area contributed by atoms with Crippen LogP contribution in [0.4, 0.5) is 0 Å². The zero-order valence-electron chi connectivity index (χ0n) is 11.0. The molecule has 0 aromatic heterocycles. The van der Waals surface area contributed by atoms with Gasteiger partial charge in [-0.15, -0.1) is 0 Å². The molecule has 0 radical (unpaired) electrons. The number of allylic oxidation sites excluding steroid dienone is 2. The summed E-state index contributed by atoms with van der Waals surface area (Å²) in [6.45, 7) is 6.44. The van der Waals surface area contributed by atoms with Crippen molar-refractivity contribution in [3.63, 3.8) is 0 Å². The molecule has 94 valence electrons. The van der Waals surface area contributed by atoms with Gasteiger partial charge in [0.2, 0.25) is 0 Å². The molecule has 2 heteroatoms. The van der Waals surface area contributed by atoms with E-state index in [4.69, 9.17) is 0 Å². The van der Waals surface area contributed by atoms with E-state index in [0.29, 0.717) is 11.8 Å². The Morgan fingerprint density at radius 3 is 2.47 bits per heavy atom. The van der Waals surface area contributed by atoms with E-state index < -0.39 is 11.4 Å². The van der Waals surface area contributed by atoms with Crippen molar-refractivity contribution in [3.8, 4) is 0 Å². The first kappa shape index (κ1) is 11.3. The Balaban J connectivity index is 2.20. The SMILES string of the molecule is C[C@H]1CC[C@@H]2[C@]13C=C[C@](C)(CC3)[C@@]2(C)C(=O)O. The highest BCUT2D eigenvalue weighted by molar-refractivity contribution is 5.77. The first-order valence-corrected chi connectivity index (χ1v) is 6.81. The van der Waals surface area contributed by atoms with E-state index in [1.165, 1.54) is 12.8 Å². The minimum absolute atomic E-state index is 0.144. The molecule has 0 heterocycles. The van der Waals surface area contributed by atoms with Crippen LogP contribution in [0, 0.1) is 28.1 Å². The Morgan fingerprint density at radius 1 is 1.24 bits per heavy atom. The molecule has 2 saturated carbocycles. The van der Waals surface area contributed by atoms with Crippen molar-refractivity contribution < 1.29 is 9.90 Å². The van der Waals surface area contributed by atoms with Crippen LogP contribution in [0.2, 0.25) is 0 Å². The highest BCUT2D eigenvalue weighted by Gasteiger charge is 2.68. The third kappa shape index (κ3) is 1.01. The molecule has 2 fully saturated rings. The van der Waals surface area contributed by atoms with Gasteiger partial charge in [0.25, 0.3) is 0 Å². The molecule has 0 aromatic carbocycles. The Hall–Kier alpha value is -0.790. The molecule has 0 saturated heterocycles. The average Bonchev–Trinajstić information content (AvgIpc) is 2.61. The van der Waals surface area contributed by atoms with Gasteiger partial charge in [0.05, 0.1) is 5.41 Å². The van der Waals surface area contributed by atoms with Crippen LogP contribution in [-0.4, -0.2) is 11.1 Å². The molecular weight excluding hydrogens is 212 g/mol. The molecule has 5 atom stereocenters. The first-order valence-electron chi connectivity index (χ1n) is 6.81. The minimum atomic E-state index is -0.590. The van der Waals surface area contributed by atoms with Crippen LogP contribution < -0.4 is 0 Å². The molecule has 2 bridgehead atoms. The van der Waals surface area contributed by atoms with Gasteiger partial charge in [-0.25, -0.2) is 0 Å². The quantitative estimate of drug-likeness (QED) is 0.705. The van der Waals surface area contributed by atoms with Crippen LogP contribution in [0.25, 0.3) is 0 Å². The normalized spacial score (nSPS) is 55.9. The van der Waals surface area contributed by atoms with E-state index in [9.17, 15) is 9.90 Å². The van der Waals surface area contributed by atoms with Gasteiger partial charge in [-0.05, 0) is 49.9 Å².